The molecule has 2 amide bonds. The Balaban J connectivity index is 1.29. The lowest BCUT2D eigenvalue weighted by Gasteiger charge is -2.34. The summed E-state index contributed by atoms with van der Waals surface area (Å²) in [7, 11) is 0. The van der Waals surface area contributed by atoms with E-state index in [4.69, 9.17) is 19.4 Å². The van der Waals surface area contributed by atoms with Crippen LogP contribution in [0.3, 0.4) is 0 Å². The van der Waals surface area contributed by atoms with Gasteiger partial charge in [0.2, 0.25) is 11.9 Å². The van der Waals surface area contributed by atoms with Gasteiger partial charge in [0, 0.05) is 43.5 Å². The number of amides is 2. The van der Waals surface area contributed by atoms with Crippen molar-refractivity contribution >= 4 is 28.9 Å². The van der Waals surface area contributed by atoms with Crippen molar-refractivity contribution in [2.45, 2.75) is 52.5 Å². The third kappa shape index (κ3) is 5.51. The summed E-state index contributed by atoms with van der Waals surface area (Å²) in [5, 5.41) is 4.20. The predicted octanol–water partition coefficient (Wildman–Crippen LogP) is 3.29. The number of anilines is 1. The van der Waals surface area contributed by atoms with Crippen LogP contribution in [0.5, 0.6) is 5.75 Å². The predicted molar refractivity (Wildman–Crippen MR) is 130 cm³/mol. The molecule has 2 fully saturated rings. The molecule has 1 aromatic carbocycles. The molecule has 4 rings (SSSR count). The van der Waals surface area contributed by atoms with Crippen molar-refractivity contribution in [3.8, 4) is 5.75 Å². The van der Waals surface area contributed by atoms with Gasteiger partial charge in [0.05, 0.1) is 24.4 Å². The highest BCUT2D eigenvalue weighted by molar-refractivity contribution is 5.83. The van der Waals surface area contributed by atoms with Crippen molar-refractivity contribution in [3.63, 3.8) is 0 Å². The maximum atomic E-state index is 12.9. The van der Waals surface area contributed by atoms with Gasteiger partial charge in [-0.15, -0.1) is 0 Å². The molecule has 0 atom stereocenters. The number of rotatable bonds is 6. The van der Waals surface area contributed by atoms with Crippen LogP contribution in [0.25, 0.3) is 10.9 Å². The summed E-state index contributed by atoms with van der Waals surface area (Å²) < 4.78 is 10.7. The van der Waals surface area contributed by atoms with E-state index in [1.165, 1.54) is 0 Å². The van der Waals surface area contributed by atoms with Gasteiger partial charge in [-0.3, -0.25) is 4.79 Å². The summed E-state index contributed by atoms with van der Waals surface area (Å²) >= 11 is 0. The third-order valence-electron chi connectivity index (χ3n) is 6.67. The number of aromatic nitrogens is 2. The van der Waals surface area contributed by atoms with E-state index in [0.717, 1.165) is 67.1 Å². The third-order valence-corrected chi connectivity index (χ3v) is 6.67. The van der Waals surface area contributed by atoms with Crippen LogP contribution in [0.1, 0.15) is 45.2 Å². The second kappa shape index (κ2) is 10.9. The molecule has 0 bridgehead atoms. The number of aryl methyl sites for hydroxylation is 1. The highest BCUT2D eigenvalue weighted by Gasteiger charge is 2.30. The van der Waals surface area contributed by atoms with Crippen LogP contribution in [0, 0.1) is 12.8 Å². The summed E-state index contributed by atoms with van der Waals surface area (Å²) in [5.74, 6) is 1.66. The highest BCUT2D eigenvalue weighted by atomic mass is 16.6. The zero-order valence-electron chi connectivity index (χ0n) is 20.4. The van der Waals surface area contributed by atoms with Gasteiger partial charge in [0.1, 0.15) is 5.75 Å². The number of ether oxygens (including phenoxy) is 2. The lowest BCUT2D eigenvalue weighted by molar-refractivity contribution is -0.126. The molecular formula is C25H35N5O4. The number of nitrogens with one attached hydrogen (secondary N) is 1. The highest BCUT2D eigenvalue weighted by Crippen LogP contribution is 2.27. The van der Waals surface area contributed by atoms with Gasteiger partial charge >= 0.3 is 6.09 Å². The minimum Gasteiger partial charge on any atom is -0.494 e. The van der Waals surface area contributed by atoms with Crippen LogP contribution in [-0.4, -0.2) is 72.3 Å². The topological polar surface area (TPSA) is 96.9 Å². The van der Waals surface area contributed by atoms with Crippen molar-refractivity contribution in [2.24, 2.45) is 5.92 Å². The molecule has 2 aromatic rings. The Morgan fingerprint density at radius 1 is 1.03 bits per heavy atom. The van der Waals surface area contributed by atoms with Crippen LogP contribution in [0.2, 0.25) is 0 Å². The van der Waals surface area contributed by atoms with E-state index in [0.29, 0.717) is 26.3 Å². The lowest BCUT2D eigenvalue weighted by Crippen LogP contribution is -2.49. The molecule has 0 radical (unpaired) electrons. The number of carbonyl (C=O) groups excluding carboxylic acids is 2. The average Bonchev–Trinajstić information content (AvgIpc) is 2.85. The van der Waals surface area contributed by atoms with Crippen molar-refractivity contribution in [3.05, 3.63) is 23.9 Å². The van der Waals surface area contributed by atoms with Gasteiger partial charge in [-0.1, -0.05) is 0 Å². The molecule has 34 heavy (non-hydrogen) atoms. The summed E-state index contributed by atoms with van der Waals surface area (Å²) in [4.78, 5) is 38.1. The first kappa shape index (κ1) is 24.0. The molecule has 9 heteroatoms. The Bertz CT molecular complexity index is 1010. The molecule has 2 aliphatic heterocycles. The molecular weight excluding hydrogens is 434 g/mol. The quantitative estimate of drug-likeness (QED) is 0.693. The fraction of sp³-hybridized carbons (Fsp3) is 0.600. The SMILES string of the molecule is CCOC(=O)N1CCC(NC(=O)C2CCN(c3nc(C)c4cc(OCC)ccc4n3)CC2)CC1. The Morgan fingerprint density at radius 3 is 2.44 bits per heavy atom. The Kier molecular flexibility index (Phi) is 7.70. The van der Waals surface area contributed by atoms with Crippen LogP contribution in [-0.2, 0) is 9.53 Å². The molecule has 0 aliphatic carbocycles. The standard InChI is InChI=1S/C25H35N5O4/c1-4-33-20-6-7-22-21(16-20)17(3)26-24(28-22)29-12-8-18(9-13-29)23(31)27-19-10-14-30(15-11-19)25(32)34-5-2/h6-7,16,18-19H,4-5,8-15H2,1-3H3,(H,27,31). The minimum absolute atomic E-state index is 0.00496. The maximum absolute atomic E-state index is 12.9. The number of hydrogen-bond acceptors (Lipinski definition) is 7. The normalized spacial score (nSPS) is 17.6. The first-order valence-electron chi connectivity index (χ1n) is 12.4. The van der Waals surface area contributed by atoms with E-state index in [-0.39, 0.29) is 24.0 Å². The molecule has 9 nitrogen and oxygen atoms in total. The van der Waals surface area contributed by atoms with Gasteiger partial charge in [0.15, 0.2) is 0 Å². The summed E-state index contributed by atoms with van der Waals surface area (Å²) in [5.41, 5.74) is 1.83. The molecule has 0 saturated carbocycles. The number of piperidine rings is 2. The number of benzene rings is 1. The van der Waals surface area contributed by atoms with Gasteiger partial charge in [-0.05, 0) is 64.7 Å². The van der Waals surface area contributed by atoms with Crippen molar-refractivity contribution < 1.29 is 19.1 Å². The molecule has 1 N–H and O–H groups in total. The molecule has 2 aliphatic rings. The van der Waals surface area contributed by atoms with Crippen LogP contribution >= 0.6 is 0 Å². The van der Waals surface area contributed by atoms with Crippen LogP contribution in [0.4, 0.5) is 10.7 Å². The number of likely N-dealkylation sites (tertiary alicyclic amines) is 1. The Hall–Kier alpha value is -3.10. The Morgan fingerprint density at radius 2 is 1.76 bits per heavy atom. The zero-order valence-corrected chi connectivity index (χ0v) is 20.4. The zero-order chi connectivity index (χ0) is 24.1. The number of carbonyl (C=O) groups is 2. The summed E-state index contributed by atoms with van der Waals surface area (Å²) in [6.07, 6.45) is 2.81. The van der Waals surface area contributed by atoms with Gasteiger partial charge in [-0.2, -0.15) is 0 Å². The van der Waals surface area contributed by atoms with Crippen molar-refractivity contribution in [2.75, 3.05) is 44.3 Å². The Labute approximate surface area is 200 Å². The van der Waals surface area contributed by atoms with Crippen molar-refractivity contribution in [1.82, 2.24) is 20.2 Å². The second-order valence-corrected chi connectivity index (χ2v) is 8.95. The molecule has 3 heterocycles. The summed E-state index contributed by atoms with van der Waals surface area (Å²) in [6, 6.07) is 6.03. The smallest absolute Gasteiger partial charge is 0.409 e. The van der Waals surface area contributed by atoms with Gasteiger partial charge in [0.25, 0.3) is 0 Å². The van der Waals surface area contributed by atoms with Gasteiger partial charge in [-0.25, -0.2) is 14.8 Å². The van der Waals surface area contributed by atoms with E-state index >= 15 is 0 Å². The van der Waals surface area contributed by atoms with E-state index in [9.17, 15) is 9.59 Å². The number of fused-ring (bicyclic) bond motifs is 1. The molecule has 0 unspecified atom stereocenters. The van der Waals surface area contributed by atoms with E-state index in [2.05, 4.69) is 10.2 Å². The molecule has 184 valence electrons. The van der Waals surface area contributed by atoms with Crippen LogP contribution < -0.4 is 15.0 Å². The van der Waals surface area contributed by atoms with Crippen molar-refractivity contribution in [1.29, 1.82) is 0 Å². The number of hydrogen-bond donors (Lipinski definition) is 1. The first-order valence-corrected chi connectivity index (χ1v) is 12.4. The second-order valence-electron chi connectivity index (χ2n) is 8.95. The fourth-order valence-electron chi connectivity index (χ4n) is 4.73. The molecule has 2 saturated heterocycles. The monoisotopic (exact) mass is 469 g/mol. The molecule has 1 aromatic heterocycles. The summed E-state index contributed by atoms with van der Waals surface area (Å²) in [6.45, 7) is 9.52. The van der Waals surface area contributed by atoms with E-state index in [1.807, 2.05) is 39.0 Å². The van der Waals surface area contributed by atoms with E-state index < -0.39 is 0 Å². The van der Waals surface area contributed by atoms with E-state index in [1.54, 1.807) is 4.90 Å². The average molecular weight is 470 g/mol. The maximum Gasteiger partial charge on any atom is 0.409 e. The van der Waals surface area contributed by atoms with Gasteiger partial charge < -0.3 is 24.6 Å². The lowest BCUT2D eigenvalue weighted by atomic mass is 9.95. The number of nitrogens with zero attached hydrogens (tertiary/aromatic N) is 4. The largest absolute Gasteiger partial charge is 0.494 e. The molecule has 0 spiro atoms. The van der Waals surface area contributed by atoms with Crippen LogP contribution in [0.15, 0.2) is 18.2 Å². The first-order chi connectivity index (χ1) is 16.5. The minimum atomic E-state index is -0.263. The fourth-order valence-corrected chi connectivity index (χ4v) is 4.73.